The van der Waals surface area contributed by atoms with Gasteiger partial charge in [-0.25, -0.2) is 0 Å². The summed E-state index contributed by atoms with van der Waals surface area (Å²) in [6, 6.07) is 0.433. The smallest absolute Gasteiger partial charge is 0.103 e. The Morgan fingerprint density at radius 3 is 2.33 bits per heavy atom. The fraction of sp³-hybridized carbons (Fsp3) is 0.462. The zero-order valence-electron chi connectivity index (χ0n) is 9.23. The van der Waals surface area contributed by atoms with Gasteiger partial charge in [0.05, 0.1) is 0 Å². The second kappa shape index (κ2) is 6.36. The number of hydrogen-bond donors (Lipinski definition) is 1. The summed E-state index contributed by atoms with van der Waals surface area (Å²) in [6.07, 6.45) is 10.9. The molecule has 2 nitrogen and oxygen atoms in total. The van der Waals surface area contributed by atoms with Crippen molar-refractivity contribution in [3.63, 3.8) is 0 Å². The lowest BCUT2D eigenvalue weighted by atomic mass is 9.92. The van der Waals surface area contributed by atoms with Gasteiger partial charge in [0.15, 0.2) is 0 Å². The summed E-state index contributed by atoms with van der Waals surface area (Å²) >= 11 is 0. The summed E-state index contributed by atoms with van der Waals surface area (Å²) in [4.78, 5) is 4.46. The first-order valence-electron chi connectivity index (χ1n) is 5.43. The SMILES string of the molecule is C=CCC1N=CC(CC=C)C(CC=C)N1. The molecular weight excluding hydrogens is 184 g/mol. The van der Waals surface area contributed by atoms with Crippen molar-refractivity contribution in [1.29, 1.82) is 0 Å². The van der Waals surface area contributed by atoms with E-state index in [4.69, 9.17) is 0 Å². The van der Waals surface area contributed by atoms with Crippen LogP contribution in [-0.4, -0.2) is 18.4 Å². The zero-order chi connectivity index (χ0) is 11.1. The summed E-state index contributed by atoms with van der Waals surface area (Å²) in [5.74, 6) is 0.446. The quantitative estimate of drug-likeness (QED) is 0.661. The molecule has 2 heteroatoms. The van der Waals surface area contributed by atoms with Crippen LogP contribution in [0, 0.1) is 5.92 Å². The maximum Gasteiger partial charge on any atom is 0.103 e. The molecule has 1 rings (SSSR count). The maximum absolute atomic E-state index is 4.46. The Bertz CT molecular complexity index is 255. The fourth-order valence-corrected chi connectivity index (χ4v) is 1.86. The first kappa shape index (κ1) is 11.9. The third-order valence-electron chi connectivity index (χ3n) is 2.63. The Kier molecular flexibility index (Phi) is 5.05. The Labute approximate surface area is 92.5 Å². The van der Waals surface area contributed by atoms with Gasteiger partial charge in [0.2, 0.25) is 0 Å². The highest BCUT2D eigenvalue weighted by Crippen LogP contribution is 2.17. The van der Waals surface area contributed by atoms with Gasteiger partial charge in [-0.2, -0.15) is 0 Å². The number of nitrogens with one attached hydrogen (secondary N) is 1. The molecule has 0 saturated heterocycles. The summed E-state index contributed by atoms with van der Waals surface area (Å²) in [5, 5.41) is 3.50. The van der Waals surface area contributed by atoms with Crippen LogP contribution in [0.25, 0.3) is 0 Å². The van der Waals surface area contributed by atoms with Crippen LogP contribution in [0.4, 0.5) is 0 Å². The van der Waals surface area contributed by atoms with Crippen molar-refractivity contribution < 1.29 is 0 Å². The van der Waals surface area contributed by atoms with E-state index in [0.29, 0.717) is 12.0 Å². The van der Waals surface area contributed by atoms with Gasteiger partial charge in [0, 0.05) is 24.6 Å². The van der Waals surface area contributed by atoms with Crippen LogP contribution < -0.4 is 5.32 Å². The third kappa shape index (κ3) is 3.48. The van der Waals surface area contributed by atoms with Crippen LogP contribution in [0.15, 0.2) is 43.0 Å². The molecule has 0 fully saturated rings. The molecule has 1 aliphatic heterocycles. The molecule has 0 radical (unpaired) electrons. The Morgan fingerprint density at radius 2 is 1.73 bits per heavy atom. The number of allylic oxidation sites excluding steroid dienone is 1. The molecule has 0 aliphatic carbocycles. The van der Waals surface area contributed by atoms with Gasteiger partial charge in [-0.3, -0.25) is 10.3 Å². The number of nitrogens with zero attached hydrogens (tertiary/aromatic N) is 1. The molecule has 1 heterocycles. The number of hydrogen-bond acceptors (Lipinski definition) is 2. The number of rotatable bonds is 6. The van der Waals surface area contributed by atoms with Crippen molar-refractivity contribution in [3.05, 3.63) is 38.0 Å². The molecule has 1 aliphatic rings. The van der Waals surface area contributed by atoms with Gasteiger partial charge in [-0.05, 0) is 12.8 Å². The largest absolute Gasteiger partial charge is 0.292 e. The van der Waals surface area contributed by atoms with Gasteiger partial charge in [0.25, 0.3) is 0 Å². The van der Waals surface area contributed by atoms with E-state index in [1.807, 2.05) is 18.2 Å². The monoisotopic (exact) mass is 204 g/mol. The molecule has 82 valence electrons. The van der Waals surface area contributed by atoms with E-state index in [9.17, 15) is 0 Å². The fourth-order valence-electron chi connectivity index (χ4n) is 1.86. The zero-order valence-corrected chi connectivity index (χ0v) is 9.23. The summed E-state index contributed by atoms with van der Waals surface area (Å²) in [5.41, 5.74) is 0. The van der Waals surface area contributed by atoms with E-state index in [2.05, 4.69) is 36.3 Å². The first-order chi connectivity index (χ1) is 7.31. The molecular formula is C13H20N2. The van der Waals surface area contributed by atoms with Crippen molar-refractivity contribution in [2.75, 3.05) is 0 Å². The van der Waals surface area contributed by atoms with Crippen LogP contribution >= 0.6 is 0 Å². The van der Waals surface area contributed by atoms with Crippen LogP contribution in [0.3, 0.4) is 0 Å². The minimum atomic E-state index is 0.188. The van der Waals surface area contributed by atoms with Crippen molar-refractivity contribution in [2.45, 2.75) is 31.5 Å². The van der Waals surface area contributed by atoms with Gasteiger partial charge in [-0.15, -0.1) is 19.7 Å². The van der Waals surface area contributed by atoms with Crippen LogP contribution in [0.1, 0.15) is 19.3 Å². The highest BCUT2D eigenvalue weighted by Gasteiger charge is 2.23. The second-order valence-electron chi connectivity index (χ2n) is 3.82. The van der Waals surface area contributed by atoms with Crippen LogP contribution in [0.5, 0.6) is 0 Å². The van der Waals surface area contributed by atoms with Gasteiger partial charge < -0.3 is 0 Å². The van der Waals surface area contributed by atoms with Crippen molar-refractivity contribution in [1.82, 2.24) is 5.32 Å². The van der Waals surface area contributed by atoms with E-state index in [0.717, 1.165) is 19.3 Å². The maximum atomic E-state index is 4.46. The molecule has 1 N–H and O–H groups in total. The summed E-state index contributed by atoms with van der Waals surface area (Å²) in [6.45, 7) is 11.3. The molecule has 3 atom stereocenters. The van der Waals surface area contributed by atoms with E-state index in [-0.39, 0.29) is 6.17 Å². The molecule has 0 aromatic carbocycles. The third-order valence-corrected chi connectivity index (χ3v) is 2.63. The lowest BCUT2D eigenvalue weighted by Crippen LogP contribution is -2.45. The lowest BCUT2D eigenvalue weighted by molar-refractivity contribution is 0.360. The summed E-state index contributed by atoms with van der Waals surface area (Å²) in [7, 11) is 0. The molecule has 15 heavy (non-hydrogen) atoms. The van der Waals surface area contributed by atoms with Crippen LogP contribution in [-0.2, 0) is 0 Å². The van der Waals surface area contributed by atoms with E-state index in [1.165, 1.54) is 0 Å². The Balaban J connectivity index is 2.63. The van der Waals surface area contributed by atoms with Crippen molar-refractivity contribution in [2.24, 2.45) is 10.9 Å². The average Bonchev–Trinajstić information content (AvgIpc) is 2.23. The topological polar surface area (TPSA) is 24.4 Å². The molecule has 0 bridgehead atoms. The van der Waals surface area contributed by atoms with E-state index in [1.54, 1.807) is 0 Å². The highest BCUT2D eigenvalue weighted by molar-refractivity contribution is 5.63. The van der Waals surface area contributed by atoms with Gasteiger partial charge >= 0.3 is 0 Å². The van der Waals surface area contributed by atoms with E-state index >= 15 is 0 Å². The summed E-state index contributed by atoms with van der Waals surface area (Å²) < 4.78 is 0. The molecule has 0 saturated carbocycles. The van der Waals surface area contributed by atoms with Crippen LogP contribution in [0.2, 0.25) is 0 Å². The molecule has 0 aromatic heterocycles. The molecule has 0 aromatic rings. The minimum Gasteiger partial charge on any atom is -0.292 e. The first-order valence-corrected chi connectivity index (χ1v) is 5.43. The lowest BCUT2D eigenvalue weighted by Gasteiger charge is -2.31. The predicted octanol–water partition coefficient (Wildman–Crippen LogP) is 2.70. The molecule has 0 spiro atoms. The van der Waals surface area contributed by atoms with Crippen molar-refractivity contribution >= 4 is 6.21 Å². The van der Waals surface area contributed by atoms with Gasteiger partial charge in [-0.1, -0.05) is 18.2 Å². The predicted molar refractivity (Wildman–Crippen MR) is 67.1 cm³/mol. The Hall–Kier alpha value is -1.15. The normalized spacial score (nSPS) is 29.7. The highest BCUT2D eigenvalue weighted by atomic mass is 15.1. The average molecular weight is 204 g/mol. The standard InChI is InChI=1S/C13H20N2/c1-4-7-11-10-14-13(9-6-3)15-12(11)8-5-2/h4-6,10-13,15H,1-3,7-9H2. The number of aliphatic imine (C=N–C) groups is 1. The second-order valence-corrected chi connectivity index (χ2v) is 3.82. The van der Waals surface area contributed by atoms with Crippen molar-refractivity contribution in [3.8, 4) is 0 Å². The molecule has 0 amide bonds. The van der Waals surface area contributed by atoms with E-state index < -0.39 is 0 Å². The minimum absolute atomic E-state index is 0.188. The van der Waals surface area contributed by atoms with Gasteiger partial charge in [0.1, 0.15) is 6.17 Å². The Morgan fingerprint density at radius 1 is 1.07 bits per heavy atom. The molecule has 3 unspecified atom stereocenters.